The van der Waals surface area contributed by atoms with Crippen molar-refractivity contribution in [1.29, 1.82) is 0 Å². The highest BCUT2D eigenvalue weighted by atomic mass is 16.5. The van der Waals surface area contributed by atoms with Crippen LogP contribution < -0.4 is 5.73 Å². The first kappa shape index (κ1) is 15.4. The predicted molar refractivity (Wildman–Crippen MR) is 79.3 cm³/mol. The normalized spacial score (nSPS) is 22.6. The number of rotatable bonds is 5. The molecule has 5 nitrogen and oxygen atoms in total. The molecule has 1 unspecified atom stereocenters. The number of nitrogens with two attached hydrogens (primary N) is 1. The van der Waals surface area contributed by atoms with Crippen LogP contribution in [-0.2, 0) is 18.2 Å². The minimum Gasteiger partial charge on any atom is -0.374 e. The highest BCUT2D eigenvalue weighted by molar-refractivity contribution is 5.04. The molecule has 2 rings (SSSR count). The average molecular weight is 280 g/mol. The van der Waals surface area contributed by atoms with E-state index in [9.17, 15) is 0 Å². The maximum Gasteiger partial charge on any atom is 0.0843 e. The number of nitrogens with zero attached hydrogens (tertiary/aromatic N) is 3. The molecule has 1 aliphatic rings. The third-order valence-corrected chi connectivity index (χ3v) is 4.64. The van der Waals surface area contributed by atoms with E-state index in [1.54, 1.807) is 4.68 Å². The number of aryl methyl sites for hydroxylation is 1. The highest BCUT2D eigenvalue weighted by Crippen LogP contribution is 2.43. The van der Waals surface area contributed by atoms with E-state index in [0.29, 0.717) is 12.0 Å². The van der Waals surface area contributed by atoms with Crippen LogP contribution in [0.3, 0.4) is 0 Å². The molecular formula is C15H28N4O. The van der Waals surface area contributed by atoms with Gasteiger partial charge in [0.15, 0.2) is 0 Å². The van der Waals surface area contributed by atoms with Crippen LogP contribution in [0.4, 0.5) is 0 Å². The van der Waals surface area contributed by atoms with E-state index in [2.05, 4.69) is 31.1 Å². The molecule has 0 amide bonds. The van der Waals surface area contributed by atoms with Crippen molar-refractivity contribution < 1.29 is 4.74 Å². The third kappa shape index (κ3) is 3.38. The van der Waals surface area contributed by atoms with Gasteiger partial charge in [-0.3, -0.25) is 4.68 Å². The van der Waals surface area contributed by atoms with Crippen molar-refractivity contribution in [1.82, 2.24) is 15.0 Å². The van der Waals surface area contributed by atoms with E-state index in [-0.39, 0.29) is 11.6 Å². The van der Waals surface area contributed by atoms with Gasteiger partial charge in [-0.2, -0.15) is 0 Å². The summed E-state index contributed by atoms with van der Waals surface area (Å²) in [6, 6.07) is -0.0183. The number of aromatic nitrogens is 3. The van der Waals surface area contributed by atoms with Gasteiger partial charge in [-0.05, 0) is 38.0 Å². The first-order chi connectivity index (χ1) is 9.37. The molecule has 0 aromatic carbocycles. The van der Waals surface area contributed by atoms with Crippen LogP contribution >= 0.6 is 0 Å². The second-order valence-electron chi connectivity index (χ2n) is 6.86. The van der Waals surface area contributed by atoms with Crippen molar-refractivity contribution in [3.05, 3.63) is 11.9 Å². The summed E-state index contributed by atoms with van der Waals surface area (Å²) in [6.07, 6.45) is 7.08. The Kier molecular flexibility index (Phi) is 4.49. The molecule has 1 aliphatic carbocycles. The van der Waals surface area contributed by atoms with Crippen molar-refractivity contribution in [3.8, 4) is 0 Å². The van der Waals surface area contributed by atoms with Crippen LogP contribution in [0.15, 0.2) is 6.20 Å². The Labute approximate surface area is 121 Å². The maximum absolute atomic E-state index is 6.50. The Hall–Kier alpha value is -0.940. The average Bonchev–Trinajstić information content (AvgIpc) is 2.78. The monoisotopic (exact) mass is 280 g/mol. The van der Waals surface area contributed by atoms with Crippen LogP contribution in [0, 0.1) is 5.41 Å². The van der Waals surface area contributed by atoms with Crippen molar-refractivity contribution in [2.45, 2.75) is 64.5 Å². The Morgan fingerprint density at radius 3 is 2.50 bits per heavy atom. The Morgan fingerprint density at radius 1 is 1.35 bits per heavy atom. The number of ether oxygens (including phenoxy) is 1. The van der Waals surface area contributed by atoms with E-state index in [1.807, 2.05) is 13.2 Å². The van der Waals surface area contributed by atoms with Crippen molar-refractivity contribution in [2.24, 2.45) is 18.2 Å². The molecule has 0 bridgehead atoms. The van der Waals surface area contributed by atoms with E-state index in [1.165, 1.54) is 12.8 Å². The molecule has 20 heavy (non-hydrogen) atoms. The van der Waals surface area contributed by atoms with E-state index in [4.69, 9.17) is 10.5 Å². The zero-order chi connectivity index (χ0) is 14.8. The first-order valence-corrected chi connectivity index (χ1v) is 7.62. The quantitative estimate of drug-likeness (QED) is 0.896. The Balaban J connectivity index is 2.07. The maximum atomic E-state index is 6.50. The molecule has 1 saturated carbocycles. The fourth-order valence-electron chi connectivity index (χ4n) is 3.16. The van der Waals surface area contributed by atoms with E-state index >= 15 is 0 Å². The molecule has 1 aromatic heterocycles. The highest BCUT2D eigenvalue weighted by Gasteiger charge is 2.43. The van der Waals surface area contributed by atoms with Crippen LogP contribution in [0.5, 0.6) is 0 Å². The van der Waals surface area contributed by atoms with Gasteiger partial charge in [-0.25, -0.2) is 0 Å². The SMILES string of the molecule is CCOC1(C(N)Cc2cn(C)nn2)CCC(C)(C)CC1. The fraction of sp³-hybridized carbons (Fsp3) is 0.867. The zero-order valence-corrected chi connectivity index (χ0v) is 13.2. The second kappa shape index (κ2) is 5.82. The molecular weight excluding hydrogens is 252 g/mol. The molecule has 0 spiro atoms. The molecule has 1 heterocycles. The lowest BCUT2D eigenvalue weighted by atomic mass is 9.68. The lowest BCUT2D eigenvalue weighted by Gasteiger charge is -2.46. The summed E-state index contributed by atoms with van der Waals surface area (Å²) in [5, 5.41) is 8.12. The summed E-state index contributed by atoms with van der Waals surface area (Å²) in [4.78, 5) is 0. The van der Waals surface area contributed by atoms with Crippen LogP contribution in [0.25, 0.3) is 0 Å². The summed E-state index contributed by atoms with van der Waals surface area (Å²) < 4.78 is 7.85. The van der Waals surface area contributed by atoms with Gasteiger partial charge < -0.3 is 10.5 Å². The van der Waals surface area contributed by atoms with Crippen molar-refractivity contribution in [3.63, 3.8) is 0 Å². The predicted octanol–water partition coefficient (Wildman–Crippen LogP) is 2.06. The van der Waals surface area contributed by atoms with Crippen molar-refractivity contribution in [2.75, 3.05) is 6.61 Å². The number of hydrogen-bond acceptors (Lipinski definition) is 4. The number of hydrogen-bond donors (Lipinski definition) is 1. The molecule has 1 aromatic rings. The van der Waals surface area contributed by atoms with E-state index < -0.39 is 0 Å². The minimum absolute atomic E-state index is 0.0183. The molecule has 1 fully saturated rings. The van der Waals surface area contributed by atoms with Gasteiger partial charge in [0.25, 0.3) is 0 Å². The Bertz CT molecular complexity index is 431. The largest absolute Gasteiger partial charge is 0.374 e. The summed E-state index contributed by atoms with van der Waals surface area (Å²) in [5.74, 6) is 0. The summed E-state index contributed by atoms with van der Waals surface area (Å²) in [5.41, 5.74) is 7.66. The van der Waals surface area contributed by atoms with Gasteiger partial charge in [-0.15, -0.1) is 5.10 Å². The summed E-state index contributed by atoms with van der Waals surface area (Å²) in [6.45, 7) is 7.43. The van der Waals surface area contributed by atoms with Crippen LogP contribution in [0.2, 0.25) is 0 Å². The second-order valence-corrected chi connectivity index (χ2v) is 6.86. The van der Waals surface area contributed by atoms with Gasteiger partial charge in [0.05, 0.1) is 11.3 Å². The molecule has 5 heteroatoms. The first-order valence-electron chi connectivity index (χ1n) is 7.62. The minimum atomic E-state index is -0.193. The molecule has 0 saturated heterocycles. The van der Waals surface area contributed by atoms with Gasteiger partial charge in [0, 0.05) is 32.3 Å². The van der Waals surface area contributed by atoms with Crippen LogP contribution in [0.1, 0.15) is 52.1 Å². The lowest BCUT2D eigenvalue weighted by Crippen LogP contribution is -2.54. The molecule has 1 atom stereocenters. The molecule has 0 aliphatic heterocycles. The fourth-order valence-corrected chi connectivity index (χ4v) is 3.16. The lowest BCUT2D eigenvalue weighted by molar-refractivity contribution is -0.0988. The molecule has 0 radical (unpaired) electrons. The van der Waals surface area contributed by atoms with Crippen molar-refractivity contribution >= 4 is 0 Å². The topological polar surface area (TPSA) is 66.0 Å². The Morgan fingerprint density at radius 2 is 2.00 bits per heavy atom. The van der Waals surface area contributed by atoms with Crippen LogP contribution in [-0.4, -0.2) is 33.2 Å². The third-order valence-electron chi connectivity index (χ3n) is 4.64. The van der Waals surface area contributed by atoms with Gasteiger partial charge >= 0.3 is 0 Å². The summed E-state index contributed by atoms with van der Waals surface area (Å²) in [7, 11) is 1.88. The summed E-state index contributed by atoms with van der Waals surface area (Å²) >= 11 is 0. The van der Waals surface area contributed by atoms with Gasteiger partial charge in [0.1, 0.15) is 0 Å². The molecule has 114 valence electrons. The standard InChI is InChI=1S/C15H28N4O/c1-5-20-15(8-6-14(2,3)7-9-15)13(16)10-12-11-19(4)18-17-12/h11,13H,5-10,16H2,1-4H3. The van der Waals surface area contributed by atoms with E-state index in [0.717, 1.165) is 25.0 Å². The van der Waals surface area contributed by atoms with Gasteiger partial charge in [0.2, 0.25) is 0 Å². The smallest absolute Gasteiger partial charge is 0.0843 e. The van der Waals surface area contributed by atoms with Gasteiger partial charge in [-0.1, -0.05) is 19.1 Å². The molecule has 2 N–H and O–H groups in total. The zero-order valence-electron chi connectivity index (χ0n) is 13.2.